The Morgan fingerprint density at radius 2 is 2.00 bits per heavy atom. The molecule has 1 saturated heterocycles. The minimum Gasteiger partial charge on any atom is -0.456 e. The predicted molar refractivity (Wildman–Crippen MR) is 104 cm³/mol. The zero-order chi connectivity index (χ0) is 21.9. The molecular weight excluding hydrogens is 394 g/mol. The molecule has 30 heavy (non-hydrogen) atoms. The van der Waals surface area contributed by atoms with Crippen LogP contribution < -0.4 is 0 Å². The number of likely N-dealkylation sites (tertiary alicyclic amines) is 1. The van der Waals surface area contributed by atoms with Crippen LogP contribution in [0.4, 0.5) is 4.79 Å². The Labute approximate surface area is 175 Å². The van der Waals surface area contributed by atoms with E-state index in [2.05, 4.69) is 4.98 Å². The van der Waals surface area contributed by atoms with Crippen LogP contribution in [-0.2, 0) is 35.0 Å². The number of amides is 2. The Hall–Kier alpha value is -3.17. The van der Waals surface area contributed by atoms with Crippen molar-refractivity contribution in [3.8, 4) is 0 Å². The summed E-state index contributed by atoms with van der Waals surface area (Å²) in [6, 6.07) is 4.76. The molecule has 0 radical (unpaired) electrons. The van der Waals surface area contributed by atoms with Crippen molar-refractivity contribution >= 4 is 23.9 Å². The first-order chi connectivity index (χ1) is 14.4. The van der Waals surface area contributed by atoms with Gasteiger partial charge in [0.25, 0.3) is 5.91 Å². The van der Waals surface area contributed by atoms with E-state index in [1.54, 1.807) is 20.2 Å². The molecule has 2 rings (SSSR count). The minimum atomic E-state index is -0.779. The molecule has 1 aromatic heterocycles. The van der Waals surface area contributed by atoms with E-state index >= 15 is 0 Å². The van der Waals surface area contributed by atoms with Crippen LogP contribution in [0.2, 0.25) is 0 Å². The van der Waals surface area contributed by atoms with E-state index in [1.165, 1.54) is 9.80 Å². The standard InChI is InChI=1S/C20H27N3O7/c1-3-18(25)28-13-17(24)23-11-6-8-16(23)19(26)29-14-30-20(27)22(2)12-9-15-7-4-5-10-21-15/h4-5,7,10,16H,3,6,8-9,11-14H2,1-2H3/t16-/m0/s1. The fourth-order valence-corrected chi connectivity index (χ4v) is 2.90. The van der Waals surface area contributed by atoms with Crippen molar-refractivity contribution in [2.24, 2.45) is 0 Å². The van der Waals surface area contributed by atoms with Gasteiger partial charge in [0.15, 0.2) is 6.61 Å². The summed E-state index contributed by atoms with van der Waals surface area (Å²) in [7, 11) is 1.57. The second-order valence-corrected chi connectivity index (χ2v) is 6.74. The van der Waals surface area contributed by atoms with E-state index in [9.17, 15) is 19.2 Å². The predicted octanol–water partition coefficient (Wildman–Crippen LogP) is 1.14. The summed E-state index contributed by atoms with van der Waals surface area (Å²) in [5.41, 5.74) is 0.846. The van der Waals surface area contributed by atoms with Gasteiger partial charge in [-0.05, 0) is 25.0 Å². The number of hydrogen-bond donors (Lipinski definition) is 0. The van der Waals surface area contributed by atoms with Gasteiger partial charge in [-0.25, -0.2) is 9.59 Å². The normalized spacial score (nSPS) is 15.4. The van der Waals surface area contributed by atoms with Gasteiger partial charge in [-0.3, -0.25) is 14.6 Å². The summed E-state index contributed by atoms with van der Waals surface area (Å²) < 4.78 is 14.8. The monoisotopic (exact) mass is 421 g/mol. The van der Waals surface area contributed by atoms with Gasteiger partial charge in [0.1, 0.15) is 6.04 Å². The van der Waals surface area contributed by atoms with Crippen LogP contribution in [0, 0.1) is 0 Å². The number of likely N-dealkylation sites (N-methyl/N-ethyl adjacent to an activating group) is 1. The number of carbonyl (C=O) groups is 4. The van der Waals surface area contributed by atoms with Crippen molar-refractivity contribution < 1.29 is 33.4 Å². The number of ether oxygens (including phenoxy) is 3. The molecule has 2 amide bonds. The van der Waals surface area contributed by atoms with Gasteiger partial charge in [-0.15, -0.1) is 0 Å². The summed E-state index contributed by atoms with van der Waals surface area (Å²) >= 11 is 0. The van der Waals surface area contributed by atoms with Crippen molar-refractivity contribution in [2.45, 2.75) is 38.6 Å². The highest BCUT2D eigenvalue weighted by Gasteiger charge is 2.35. The quantitative estimate of drug-likeness (QED) is 0.431. The first kappa shape index (κ1) is 23.1. The maximum Gasteiger partial charge on any atom is 0.412 e. The molecule has 0 spiro atoms. The maximum absolute atomic E-state index is 12.3. The first-order valence-electron chi connectivity index (χ1n) is 9.82. The molecule has 1 aliphatic rings. The van der Waals surface area contributed by atoms with E-state index in [1.807, 2.05) is 18.2 Å². The molecule has 1 atom stereocenters. The zero-order valence-electron chi connectivity index (χ0n) is 17.2. The van der Waals surface area contributed by atoms with Crippen LogP contribution in [0.3, 0.4) is 0 Å². The molecule has 1 aromatic rings. The summed E-state index contributed by atoms with van der Waals surface area (Å²) in [4.78, 5) is 54.5. The summed E-state index contributed by atoms with van der Waals surface area (Å²) in [6.07, 6.45) is 2.84. The molecule has 0 aliphatic carbocycles. The fraction of sp³-hybridized carbons (Fsp3) is 0.550. The van der Waals surface area contributed by atoms with Crippen molar-refractivity contribution in [3.05, 3.63) is 30.1 Å². The van der Waals surface area contributed by atoms with Crippen molar-refractivity contribution in [3.63, 3.8) is 0 Å². The van der Waals surface area contributed by atoms with Crippen molar-refractivity contribution in [1.82, 2.24) is 14.8 Å². The second kappa shape index (κ2) is 11.7. The van der Waals surface area contributed by atoms with Gasteiger partial charge < -0.3 is 24.0 Å². The first-order valence-corrected chi connectivity index (χ1v) is 9.82. The maximum atomic E-state index is 12.3. The van der Waals surface area contributed by atoms with E-state index in [0.29, 0.717) is 32.4 Å². The topological polar surface area (TPSA) is 115 Å². The Kier molecular flexibility index (Phi) is 9.04. The van der Waals surface area contributed by atoms with Gasteiger partial charge in [0.05, 0.1) is 0 Å². The third kappa shape index (κ3) is 7.02. The number of esters is 2. The van der Waals surface area contributed by atoms with Gasteiger partial charge in [0.2, 0.25) is 6.79 Å². The van der Waals surface area contributed by atoms with Crippen LogP contribution in [0.1, 0.15) is 31.9 Å². The number of rotatable bonds is 9. The molecule has 0 unspecified atom stereocenters. The van der Waals surface area contributed by atoms with Crippen LogP contribution in [0.5, 0.6) is 0 Å². The summed E-state index contributed by atoms with van der Waals surface area (Å²) in [5.74, 6) is -1.60. The van der Waals surface area contributed by atoms with Crippen molar-refractivity contribution in [2.75, 3.05) is 33.5 Å². The number of pyridine rings is 1. The third-order valence-electron chi connectivity index (χ3n) is 4.62. The lowest BCUT2D eigenvalue weighted by Crippen LogP contribution is -2.43. The molecule has 0 saturated carbocycles. The Bertz CT molecular complexity index is 741. The van der Waals surface area contributed by atoms with Gasteiger partial charge in [0, 0.05) is 44.9 Å². The average molecular weight is 421 g/mol. The van der Waals surface area contributed by atoms with Crippen LogP contribution in [-0.4, -0.2) is 78.3 Å². The SMILES string of the molecule is CCC(=O)OCC(=O)N1CCC[C@H]1C(=O)OCOC(=O)N(C)CCc1ccccn1. The molecule has 164 valence electrons. The number of aromatic nitrogens is 1. The number of nitrogens with zero attached hydrogens (tertiary/aromatic N) is 3. The Morgan fingerprint density at radius 1 is 1.20 bits per heavy atom. The molecule has 1 aliphatic heterocycles. The summed E-state index contributed by atoms with van der Waals surface area (Å²) in [5, 5.41) is 0. The third-order valence-corrected chi connectivity index (χ3v) is 4.62. The molecule has 2 heterocycles. The molecule has 10 heteroatoms. The largest absolute Gasteiger partial charge is 0.456 e. The molecule has 0 bridgehead atoms. The number of hydrogen-bond acceptors (Lipinski definition) is 8. The molecule has 0 aromatic carbocycles. The lowest BCUT2D eigenvalue weighted by Gasteiger charge is -2.23. The molecular formula is C20H27N3O7. The Balaban J connectivity index is 1.71. The molecule has 0 N–H and O–H groups in total. The Morgan fingerprint density at radius 3 is 2.70 bits per heavy atom. The average Bonchev–Trinajstić information content (AvgIpc) is 3.26. The van der Waals surface area contributed by atoms with E-state index in [0.717, 1.165) is 5.69 Å². The van der Waals surface area contributed by atoms with E-state index < -0.39 is 43.4 Å². The minimum absolute atomic E-state index is 0.167. The number of carbonyl (C=O) groups excluding carboxylic acids is 4. The summed E-state index contributed by atoms with van der Waals surface area (Å²) in [6.45, 7) is 1.44. The van der Waals surface area contributed by atoms with Crippen LogP contribution in [0.15, 0.2) is 24.4 Å². The van der Waals surface area contributed by atoms with Gasteiger partial charge in [-0.1, -0.05) is 13.0 Å². The van der Waals surface area contributed by atoms with Crippen LogP contribution in [0.25, 0.3) is 0 Å². The lowest BCUT2D eigenvalue weighted by atomic mass is 10.2. The second-order valence-electron chi connectivity index (χ2n) is 6.74. The van der Waals surface area contributed by atoms with E-state index in [-0.39, 0.29) is 6.42 Å². The van der Waals surface area contributed by atoms with Gasteiger partial charge in [-0.2, -0.15) is 0 Å². The van der Waals surface area contributed by atoms with E-state index in [4.69, 9.17) is 14.2 Å². The molecule has 1 fully saturated rings. The fourth-order valence-electron chi connectivity index (χ4n) is 2.90. The van der Waals surface area contributed by atoms with Gasteiger partial charge >= 0.3 is 18.0 Å². The molecule has 10 nitrogen and oxygen atoms in total. The smallest absolute Gasteiger partial charge is 0.412 e. The lowest BCUT2D eigenvalue weighted by molar-refractivity contribution is -0.162. The highest BCUT2D eigenvalue weighted by molar-refractivity contribution is 5.87. The highest BCUT2D eigenvalue weighted by Crippen LogP contribution is 2.19. The van der Waals surface area contributed by atoms with Crippen molar-refractivity contribution in [1.29, 1.82) is 0 Å². The van der Waals surface area contributed by atoms with Crippen LogP contribution >= 0.6 is 0 Å². The highest BCUT2D eigenvalue weighted by atomic mass is 16.7. The zero-order valence-corrected chi connectivity index (χ0v) is 17.2.